The van der Waals surface area contributed by atoms with E-state index in [-0.39, 0.29) is 22.3 Å². The second-order valence-electron chi connectivity index (χ2n) is 9.53. The maximum Gasteiger partial charge on any atom is 0.119 e. The minimum absolute atomic E-state index is 0.157. The molecule has 1 aliphatic heterocycles. The van der Waals surface area contributed by atoms with Crippen LogP contribution in [0.25, 0.3) is 10.8 Å². The molecule has 5 rings (SSSR count). The van der Waals surface area contributed by atoms with Crippen molar-refractivity contribution in [2.45, 2.75) is 19.3 Å². The summed E-state index contributed by atoms with van der Waals surface area (Å²) >= 11 is 3.50. The lowest BCUT2D eigenvalue weighted by atomic mass is 9.73. The molecule has 0 N–H and O–H groups in total. The quantitative estimate of drug-likeness (QED) is 0.254. The summed E-state index contributed by atoms with van der Waals surface area (Å²) in [4.78, 5) is 1.95. The Balaban J connectivity index is 2.03. The Bertz CT molecular complexity index is 1830. The molecule has 0 radical (unpaired) electrons. The molecule has 0 unspecified atom stereocenters. The minimum Gasteiger partial charge on any atom is -0.497 e. The van der Waals surface area contributed by atoms with Gasteiger partial charge in [-0.3, -0.25) is 0 Å². The molecule has 7 nitrogen and oxygen atoms in total. The molecule has 0 saturated heterocycles. The Morgan fingerprint density at radius 3 is 1.64 bits per heavy atom. The molecule has 0 saturated carbocycles. The minimum atomic E-state index is -0.480. The first kappa shape index (κ1) is 25.6. The molecular formula is C31H20BrN5O2. The second kappa shape index (κ2) is 9.38. The highest BCUT2D eigenvalue weighted by Crippen LogP contribution is 2.55. The summed E-state index contributed by atoms with van der Waals surface area (Å²) in [5, 5.41) is 41.2. The molecule has 0 fully saturated rings. The summed E-state index contributed by atoms with van der Waals surface area (Å²) < 4.78 is 11.5. The van der Waals surface area contributed by atoms with Gasteiger partial charge in [-0.1, -0.05) is 13.8 Å². The number of nitriles is 4. The maximum absolute atomic E-state index is 10.4. The third-order valence-corrected chi connectivity index (χ3v) is 8.10. The van der Waals surface area contributed by atoms with Crippen molar-refractivity contribution in [3.8, 4) is 35.8 Å². The van der Waals surface area contributed by atoms with Crippen LogP contribution in [0.3, 0.4) is 0 Å². The largest absolute Gasteiger partial charge is 0.497 e. The summed E-state index contributed by atoms with van der Waals surface area (Å²) in [6.45, 7) is 4.22. The first-order valence-electron chi connectivity index (χ1n) is 11.9. The predicted octanol–water partition coefficient (Wildman–Crippen LogP) is 7.22. The van der Waals surface area contributed by atoms with E-state index in [1.807, 2.05) is 41.3 Å². The molecule has 0 bridgehead atoms. The van der Waals surface area contributed by atoms with Gasteiger partial charge in [0.25, 0.3) is 0 Å². The zero-order valence-electron chi connectivity index (χ0n) is 21.5. The van der Waals surface area contributed by atoms with E-state index in [1.165, 1.54) is 0 Å². The van der Waals surface area contributed by atoms with Crippen LogP contribution in [0.2, 0.25) is 0 Å². The van der Waals surface area contributed by atoms with Gasteiger partial charge < -0.3 is 14.4 Å². The number of fused-ring (bicyclic) bond motifs is 3. The van der Waals surface area contributed by atoms with Crippen molar-refractivity contribution in [2.75, 3.05) is 19.1 Å². The Morgan fingerprint density at radius 2 is 1.18 bits per heavy atom. The van der Waals surface area contributed by atoms with Crippen LogP contribution in [0.5, 0.6) is 11.5 Å². The Kier molecular flexibility index (Phi) is 6.16. The summed E-state index contributed by atoms with van der Waals surface area (Å²) in [6, 6.07) is 23.3. The van der Waals surface area contributed by atoms with E-state index in [9.17, 15) is 21.0 Å². The van der Waals surface area contributed by atoms with Crippen LogP contribution in [-0.2, 0) is 5.41 Å². The van der Waals surface area contributed by atoms with Crippen molar-refractivity contribution in [2.24, 2.45) is 0 Å². The van der Waals surface area contributed by atoms with Crippen LogP contribution in [0, 0.1) is 45.3 Å². The summed E-state index contributed by atoms with van der Waals surface area (Å²) in [5.74, 6) is 1.36. The number of rotatable bonds is 3. The highest BCUT2D eigenvalue weighted by molar-refractivity contribution is 9.10. The number of benzene rings is 4. The van der Waals surface area contributed by atoms with Gasteiger partial charge in [-0.25, -0.2) is 0 Å². The molecule has 4 aromatic rings. The van der Waals surface area contributed by atoms with E-state index in [4.69, 9.17) is 9.47 Å². The Morgan fingerprint density at radius 1 is 0.692 bits per heavy atom. The molecule has 0 aliphatic carbocycles. The number of nitrogens with zero attached hydrogens (tertiary/aromatic N) is 5. The number of hydrogen-bond acceptors (Lipinski definition) is 7. The van der Waals surface area contributed by atoms with Crippen molar-refractivity contribution < 1.29 is 9.47 Å². The number of anilines is 3. The number of methoxy groups -OCH3 is 2. The maximum atomic E-state index is 10.4. The molecule has 1 heterocycles. The highest BCUT2D eigenvalue weighted by Gasteiger charge is 2.39. The van der Waals surface area contributed by atoms with Gasteiger partial charge in [-0.05, 0) is 75.6 Å². The SMILES string of the molecule is COc1ccc2c(c1)C(C)(C)c1cc(OC)ccc1N2c1c(C#N)c(C#N)cc2c(Br)c(C#N)c(C#N)cc12. The first-order valence-corrected chi connectivity index (χ1v) is 12.7. The molecule has 39 heavy (non-hydrogen) atoms. The van der Waals surface area contributed by atoms with Gasteiger partial charge in [0, 0.05) is 20.7 Å². The van der Waals surface area contributed by atoms with Crippen molar-refractivity contribution in [1.82, 2.24) is 0 Å². The lowest BCUT2D eigenvalue weighted by Gasteiger charge is -2.43. The first-order chi connectivity index (χ1) is 18.7. The van der Waals surface area contributed by atoms with Gasteiger partial charge in [0.05, 0.1) is 53.5 Å². The number of ether oxygens (including phenoxy) is 2. The van der Waals surface area contributed by atoms with E-state index >= 15 is 0 Å². The fourth-order valence-electron chi connectivity index (χ4n) is 5.30. The number of hydrogen-bond donors (Lipinski definition) is 0. The van der Waals surface area contributed by atoms with E-state index < -0.39 is 5.41 Å². The predicted molar refractivity (Wildman–Crippen MR) is 150 cm³/mol. The van der Waals surface area contributed by atoms with Crippen molar-refractivity contribution in [3.63, 3.8) is 0 Å². The lowest BCUT2D eigenvalue weighted by molar-refractivity contribution is 0.411. The topological polar surface area (TPSA) is 117 Å². The van der Waals surface area contributed by atoms with Gasteiger partial charge in [0.1, 0.15) is 35.8 Å². The van der Waals surface area contributed by atoms with Crippen LogP contribution in [-0.4, -0.2) is 14.2 Å². The normalized spacial score (nSPS) is 12.8. The van der Waals surface area contributed by atoms with Crippen LogP contribution in [0.15, 0.2) is 53.0 Å². The van der Waals surface area contributed by atoms with Crippen LogP contribution in [0.4, 0.5) is 17.1 Å². The average molecular weight is 574 g/mol. The highest BCUT2D eigenvalue weighted by atomic mass is 79.9. The van der Waals surface area contributed by atoms with Crippen molar-refractivity contribution in [1.29, 1.82) is 21.0 Å². The molecule has 8 heteroatoms. The zero-order chi connectivity index (χ0) is 28.1. The van der Waals surface area contributed by atoms with Crippen molar-refractivity contribution in [3.05, 3.63) is 86.4 Å². The van der Waals surface area contributed by atoms with Gasteiger partial charge in [0.2, 0.25) is 0 Å². The molecule has 0 atom stereocenters. The van der Waals surface area contributed by atoms with Gasteiger partial charge in [0.15, 0.2) is 0 Å². The van der Waals surface area contributed by atoms with E-state index in [1.54, 1.807) is 26.4 Å². The molecular weight excluding hydrogens is 554 g/mol. The summed E-state index contributed by atoms with van der Waals surface area (Å²) in [6.07, 6.45) is 0. The van der Waals surface area contributed by atoms with Gasteiger partial charge in [-0.2, -0.15) is 21.0 Å². The zero-order valence-corrected chi connectivity index (χ0v) is 23.1. The van der Waals surface area contributed by atoms with Crippen LogP contribution >= 0.6 is 15.9 Å². The average Bonchev–Trinajstić information content (AvgIpc) is 2.96. The molecule has 4 aromatic carbocycles. The van der Waals surface area contributed by atoms with Gasteiger partial charge >= 0.3 is 0 Å². The molecule has 1 aliphatic rings. The molecule has 0 aromatic heterocycles. The monoisotopic (exact) mass is 573 g/mol. The van der Waals surface area contributed by atoms with E-state index in [0.29, 0.717) is 32.4 Å². The Hall–Kier alpha value is -5.02. The van der Waals surface area contributed by atoms with Gasteiger partial charge in [-0.15, -0.1) is 0 Å². The third kappa shape index (κ3) is 3.66. The fourth-order valence-corrected chi connectivity index (χ4v) is 5.93. The second-order valence-corrected chi connectivity index (χ2v) is 10.3. The van der Waals surface area contributed by atoms with E-state index in [2.05, 4.69) is 54.1 Å². The lowest BCUT2D eigenvalue weighted by Crippen LogP contribution is -2.31. The van der Waals surface area contributed by atoms with Crippen molar-refractivity contribution >= 4 is 43.8 Å². The molecule has 188 valence electrons. The van der Waals surface area contributed by atoms with E-state index in [0.717, 1.165) is 22.5 Å². The summed E-state index contributed by atoms with van der Waals surface area (Å²) in [7, 11) is 3.22. The number of halogens is 1. The smallest absolute Gasteiger partial charge is 0.119 e. The summed E-state index contributed by atoms with van der Waals surface area (Å²) in [5.41, 5.74) is 4.08. The molecule has 0 spiro atoms. The van der Waals surface area contributed by atoms with Crippen LogP contribution < -0.4 is 14.4 Å². The third-order valence-electron chi connectivity index (χ3n) is 7.28. The molecule has 0 amide bonds. The Labute approximate surface area is 234 Å². The van der Waals surface area contributed by atoms with Crippen LogP contribution in [0.1, 0.15) is 47.2 Å². The fraction of sp³-hybridized carbons (Fsp3) is 0.161. The standard InChI is InChI=1S/C31H20BrN5O2/c1-31(2)25-11-19(38-3)5-7-27(25)37(28-8-6-20(39-4)12-26(28)31)30-22-10-17(13-33)23(15-35)29(32)21(22)9-18(14-34)24(30)16-36/h5-12H,1-4H3.